The van der Waals surface area contributed by atoms with E-state index in [1.807, 2.05) is 32.3 Å². The lowest BCUT2D eigenvalue weighted by atomic mass is 10.1. The second-order valence-electron chi connectivity index (χ2n) is 4.75. The highest BCUT2D eigenvalue weighted by Crippen LogP contribution is 2.29. The summed E-state index contributed by atoms with van der Waals surface area (Å²) < 4.78 is 0.980. The molecule has 0 saturated heterocycles. The Hall–Kier alpha value is -1.68. The molecule has 0 bridgehead atoms. The van der Waals surface area contributed by atoms with Crippen molar-refractivity contribution in [3.8, 4) is 0 Å². The van der Waals surface area contributed by atoms with Gasteiger partial charge in [0.25, 0.3) is 0 Å². The van der Waals surface area contributed by atoms with E-state index in [-0.39, 0.29) is 0 Å². The van der Waals surface area contributed by atoms with Gasteiger partial charge in [-0.05, 0) is 42.8 Å². The van der Waals surface area contributed by atoms with Crippen molar-refractivity contribution in [2.24, 2.45) is 0 Å². The number of halogens is 1. The van der Waals surface area contributed by atoms with E-state index in [1.165, 1.54) is 11.3 Å². The van der Waals surface area contributed by atoms with Gasteiger partial charge in [0.1, 0.15) is 0 Å². The molecular weight excluding hydrogens is 302 g/mol. The molecule has 0 saturated carbocycles. The number of nitrogens with two attached hydrogens (primary N) is 1. The Morgan fingerprint density at radius 2 is 1.84 bits per heavy atom. The number of aryl methyl sites for hydroxylation is 1. The normalized spacial score (nSPS) is 10.3. The van der Waals surface area contributed by atoms with Crippen LogP contribution in [0.15, 0.2) is 40.9 Å². The molecule has 0 unspecified atom stereocenters. The highest BCUT2D eigenvalue weighted by molar-refractivity contribution is 9.10. The fourth-order valence-electron chi connectivity index (χ4n) is 1.97. The average Bonchev–Trinajstić information content (AvgIpc) is 2.34. The van der Waals surface area contributed by atoms with Gasteiger partial charge in [-0.3, -0.25) is 0 Å². The van der Waals surface area contributed by atoms with E-state index >= 15 is 0 Å². The van der Waals surface area contributed by atoms with Crippen molar-refractivity contribution in [3.63, 3.8) is 0 Å². The highest BCUT2D eigenvalue weighted by Gasteiger charge is 2.04. The number of nitrogen functional groups attached to an aromatic ring is 1. The Bertz CT molecular complexity index is 594. The van der Waals surface area contributed by atoms with Gasteiger partial charge in [-0.15, -0.1) is 0 Å². The van der Waals surface area contributed by atoms with Gasteiger partial charge in [-0.1, -0.05) is 22.0 Å². The Kier molecular flexibility index (Phi) is 4.00. The van der Waals surface area contributed by atoms with Crippen molar-refractivity contribution in [3.05, 3.63) is 46.4 Å². The first-order chi connectivity index (χ1) is 8.97. The number of nitrogens with one attached hydrogen (secondary N) is 1. The molecule has 0 atom stereocenters. The number of rotatable bonds is 3. The zero-order valence-electron chi connectivity index (χ0n) is 11.4. The number of nitrogens with zero attached hydrogens (tertiary/aromatic N) is 1. The standard InChI is InChI=1S/C15H18BrN3/c1-10-4-6-12(9-15(10)19(2)3)18-14-7-5-11(16)8-13(14)17/h4-9,18H,17H2,1-3H3. The topological polar surface area (TPSA) is 41.3 Å². The van der Waals surface area contributed by atoms with Gasteiger partial charge in [0.15, 0.2) is 0 Å². The Morgan fingerprint density at radius 3 is 2.47 bits per heavy atom. The minimum absolute atomic E-state index is 0.723. The molecule has 0 aliphatic carbocycles. The molecule has 4 heteroatoms. The van der Waals surface area contributed by atoms with E-state index in [2.05, 4.69) is 51.3 Å². The van der Waals surface area contributed by atoms with E-state index in [9.17, 15) is 0 Å². The summed E-state index contributed by atoms with van der Waals surface area (Å²) in [6.45, 7) is 2.10. The molecule has 2 aromatic rings. The monoisotopic (exact) mass is 319 g/mol. The minimum Gasteiger partial charge on any atom is -0.397 e. The molecule has 100 valence electrons. The summed E-state index contributed by atoms with van der Waals surface area (Å²) in [6, 6.07) is 12.1. The van der Waals surface area contributed by atoms with Crippen molar-refractivity contribution in [1.82, 2.24) is 0 Å². The van der Waals surface area contributed by atoms with Crippen LogP contribution in [0.25, 0.3) is 0 Å². The van der Waals surface area contributed by atoms with Gasteiger partial charge in [0.2, 0.25) is 0 Å². The van der Waals surface area contributed by atoms with Gasteiger partial charge in [-0.25, -0.2) is 0 Å². The van der Waals surface area contributed by atoms with E-state index in [4.69, 9.17) is 5.73 Å². The summed E-state index contributed by atoms with van der Waals surface area (Å²) in [4.78, 5) is 2.10. The molecule has 0 aliphatic heterocycles. The maximum absolute atomic E-state index is 5.99. The van der Waals surface area contributed by atoms with Crippen LogP contribution in [-0.2, 0) is 0 Å². The summed E-state index contributed by atoms with van der Waals surface area (Å²) >= 11 is 3.41. The van der Waals surface area contributed by atoms with Crippen LogP contribution in [0, 0.1) is 6.92 Å². The smallest absolute Gasteiger partial charge is 0.0618 e. The number of benzene rings is 2. The summed E-state index contributed by atoms with van der Waals surface area (Å²) in [5.41, 5.74) is 11.1. The zero-order valence-corrected chi connectivity index (χ0v) is 13.0. The summed E-state index contributed by atoms with van der Waals surface area (Å²) in [7, 11) is 4.08. The molecule has 3 N–H and O–H groups in total. The lowest BCUT2D eigenvalue weighted by Gasteiger charge is -2.18. The predicted molar refractivity (Wildman–Crippen MR) is 87.3 cm³/mol. The van der Waals surface area contributed by atoms with Crippen molar-refractivity contribution < 1.29 is 0 Å². The van der Waals surface area contributed by atoms with Crippen molar-refractivity contribution in [2.75, 3.05) is 30.0 Å². The number of hydrogen-bond donors (Lipinski definition) is 2. The van der Waals surface area contributed by atoms with E-state index < -0.39 is 0 Å². The van der Waals surface area contributed by atoms with Gasteiger partial charge in [-0.2, -0.15) is 0 Å². The molecule has 0 aromatic heterocycles. The number of hydrogen-bond acceptors (Lipinski definition) is 3. The van der Waals surface area contributed by atoms with E-state index in [0.29, 0.717) is 0 Å². The summed E-state index contributed by atoms with van der Waals surface area (Å²) in [5.74, 6) is 0. The molecule has 0 amide bonds. The molecule has 3 nitrogen and oxygen atoms in total. The Morgan fingerprint density at radius 1 is 1.11 bits per heavy atom. The molecule has 2 aromatic carbocycles. The molecule has 0 radical (unpaired) electrons. The van der Waals surface area contributed by atoms with Gasteiger partial charge >= 0.3 is 0 Å². The summed E-state index contributed by atoms with van der Waals surface area (Å²) in [5, 5.41) is 3.35. The van der Waals surface area contributed by atoms with Gasteiger partial charge in [0, 0.05) is 29.9 Å². The predicted octanol–water partition coefficient (Wildman–Crippen LogP) is 4.15. The average molecular weight is 320 g/mol. The third-order valence-electron chi connectivity index (χ3n) is 2.98. The molecule has 0 heterocycles. The highest BCUT2D eigenvalue weighted by atomic mass is 79.9. The van der Waals surface area contributed by atoms with Crippen LogP contribution in [-0.4, -0.2) is 14.1 Å². The van der Waals surface area contributed by atoms with Crippen molar-refractivity contribution >= 4 is 38.7 Å². The largest absolute Gasteiger partial charge is 0.397 e. The first-order valence-electron chi connectivity index (χ1n) is 6.07. The van der Waals surface area contributed by atoms with Crippen LogP contribution in [0.3, 0.4) is 0 Å². The molecule has 0 aliphatic rings. The van der Waals surface area contributed by atoms with Crippen LogP contribution in [0.5, 0.6) is 0 Å². The van der Waals surface area contributed by atoms with Gasteiger partial charge in [0.05, 0.1) is 11.4 Å². The third-order valence-corrected chi connectivity index (χ3v) is 3.48. The fraction of sp³-hybridized carbons (Fsp3) is 0.200. The van der Waals surface area contributed by atoms with Crippen LogP contribution in [0.4, 0.5) is 22.7 Å². The lowest BCUT2D eigenvalue weighted by Crippen LogP contribution is -2.10. The maximum atomic E-state index is 5.99. The van der Waals surface area contributed by atoms with Crippen molar-refractivity contribution in [1.29, 1.82) is 0 Å². The molecule has 0 spiro atoms. The summed E-state index contributed by atoms with van der Waals surface area (Å²) in [6.07, 6.45) is 0. The third kappa shape index (κ3) is 3.20. The minimum atomic E-state index is 0.723. The first kappa shape index (κ1) is 13.7. The second kappa shape index (κ2) is 5.53. The first-order valence-corrected chi connectivity index (χ1v) is 6.86. The molecular formula is C15H18BrN3. The van der Waals surface area contributed by atoms with E-state index in [0.717, 1.165) is 21.5 Å². The van der Waals surface area contributed by atoms with Crippen LogP contribution < -0.4 is 16.0 Å². The second-order valence-corrected chi connectivity index (χ2v) is 5.67. The van der Waals surface area contributed by atoms with E-state index in [1.54, 1.807) is 0 Å². The maximum Gasteiger partial charge on any atom is 0.0618 e. The Balaban J connectivity index is 2.31. The molecule has 2 rings (SSSR count). The van der Waals surface area contributed by atoms with Crippen molar-refractivity contribution in [2.45, 2.75) is 6.92 Å². The number of anilines is 4. The van der Waals surface area contributed by atoms with Crippen LogP contribution in [0.1, 0.15) is 5.56 Å². The van der Waals surface area contributed by atoms with Crippen LogP contribution >= 0.6 is 15.9 Å². The Labute approximate surface area is 122 Å². The zero-order chi connectivity index (χ0) is 14.0. The van der Waals surface area contributed by atoms with Gasteiger partial charge < -0.3 is 16.0 Å². The quantitative estimate of drug-likeness (QED) is 0.835. The van der Waals surface area contributed by atoms with Crippen LogP contribution in [0.2, 0.25) is 0 Å². The molecule has 19 heavy (non-hydrogen) atoms. The lowest BCUT2D eigenvalue weighted by molar-refractivity contribution is 1.11. The SMILES string of the molecule is Cc1ccc(Nc2ccc(Br)cc2N)cc1N(C)C. The fourth-order valence-corrected chi connectivity index (χ4v) is 2.35. The molecule has 0 fully saturated rings.